The van der Waals surface area contributed by atoms with E-state index >= 15 is 0 Å². The molecule has 0 radical (unpaired) electrons. The zero-order chi connectivity index (χ0) is 13.5. The first-order valence-electron chi connectivity index (χ1n) is 5.17. The van der Waals surface area contributed by atoms with E-state index in [9.17, 15) is 10.1 Å². The molecule has 6 nitrogen and oxygen atoms in total. The topological polar surface area (TPSA) is 99.9 Å². The molecule has 0 amide bonds. The van der Waals surface area contributed by atoms with Crippen molar-refractivity contribution in [3.8, 4) is 17.9 Å². The summed E-state index contributed by atoms with van der Waals surface area (Å²) in [7, 11) is 1.51. The number of benzene rings is 1. The van der Waals surface area contributed by atoms with Crippen LogP contribution in [0.5, 0.6) is 5.75 Å². The summed E-state index contributed by atoms with van der Waals surface area (Å²) in [5.41, 5.74) is 0.584. The summed E-state index contributed by atoms with van der Waals surface area (Å²) >= 11 is 0. The minimum atomic E-state index is -1.04. The number of nitriles is 2. The van der Waals surface area contributed by atoms with Crippen LogP contribution in [-0.4, -0.2) is 18.6 Å². The predicted molar refractivity (Wildman–Crippen MR) is 62.3 cm³/mol. The average molecular weight is 245 g/mol. The van der Waals surface area contributed by atoms with E-state index in [4.69, 9.17) is 15.3 Å². The van der Waals surface area contributed by atoms with Crippen LogP contribution in [0.25, 0.3) is 0 Å². The first-order valence-corrected chi connectivity index (χ1v) is 5.17. The molecule has 6 heteroatoms. The number of methoxy groups -OCH3 is 1. The molecular formula is C12H11N3O3. The molecule has 1 aromatic rings. The molecule has 0 aromatic heterocycles. The first-order chi connectivity index (χ1) is 8.62. The third-order valence-electron chi connectivity index (χ3n) is 2.57. The van der Waals surface area contributed by atoms with Crippen LogP contribution in [0.15, 0.2) is 24.3 Å². The summed E-state index contributed by atoms with van der Waals surface area (Å²) in [4.78, 5) is 10.1. The molecule has 0 aliphatic heterocycles. The summed E-state index contributed by atoms with van der Waals surface area (Å²) in [5, 5.41) is 28.3. The SMILES string of the molecule is COc1ccc([C@H](C[N+](=O)[O-])C(C#N)C#N)cc1. The number of hydrogen-bond donors (Lipinski definition) is 0. The molecular weight excluding hydrogens is 234 g/mol. The van der Waals surface area contributed by atoms with E-state index in [0.717, 1.165) is 0 Å². The lowest BCUT2D eigenvalue weighted by molar-refractivity contribution is -0.484. The Balaban J connectivity index is 3.05. The zero-order valence-corrected chi connectivity index (χ0v) is 9.74. The molecule has 0 saturated carbocycles. The van der Waals surface area contributed by atoms with Crippen LogP contribution < -0.4 is 4.74 Å². The fraction of sp³-hybridized carbons (Fsp3) is 0.333. The van der Waals surface area contributed by atoms with Crippen LogP contribution in [0.2, 0.25) is 0 Å². The fourth-order valence-electron chi connectivity index (χ4n) is 1.62. The molecule has 0 fully saturated rings. The van der Waals surface area contributed by atoms with E-state index in [-0.39, 0.29) is 0 Å². The lowest BCUT2D eigenvalue weighted by Crippen LogP contribution is -2.19. The minimum absolute atomic E-state index is 0.446. The minimum Gasteiger partial charge on any atom is -0.497 e. The third-order valence-corrected chi connectivity index (χ3v) is 2.57. The average Bonchev–Trinajstić information content (AvgIpc) is 2.38. The molecule has 1 atom stereocenters. The van der Waals surface area contributed by atoms with Crippen molar-refractivity contribution in [2.75, 3.05) is 13.7 Å². The van der Waals surface area contributed by atoms with Gasteiger partial charge < -0.3 is 4.74 Å². The summed E-state index contributed by atoms with van der Waals surface area (Å²) in [6, 6.07) is 10.1. The highest BCUT2D eigenvalue weighted by Crippen LogP contribution is 2.26. The number of rotatable bonds is 5. The number of ether oxygens (including phenoxy) is 1. The zero-order valence-electron chi connectivity index (χ0n) is 9.74. The van der Waals surface area contributed by atoms with Gasteiger partial charge in [0, 0.05) is 4.92 Å². The Morgan fingerprint density at radius 2 is 1.89 bits per heavy atom. The molecule has 92 valence electrons. The van der Waals surface area contributed by atoms with Gasteiger partial charge in [0.25, 0.3) is 0 Å². The summed E-state index contributed by atoms with van der Waals surface area (Å²) in [6.07, 6.45) is 0. The van der Waals surface area contributed by atoms with Crippen LogP contribution >= 0.6 is 0 Å². The Morgan fingerprint density at radius 3 is 2.28 bits per heavy atom. The van der Waals surface area contributed by atoms with Crippen molar-refractivity contribution in [2.45, 2.75) is 5.92 Å². The maximum Gasteiger partial charge on any atom is 0.212 e. The smallest absolute Gasteiger partial charge is 0.212 e. The van der Waals surface area contributed by atoms with Gasteiger partial charge in [-0.25, -0.2) is 0 Å². The predicted octanol–water partition coefficient (Wildman–Crippen LogP) is 1.72. The molecule has 0 spiro atoms. The van der Waals surface area contributed by atoms with Crippen molar-refractivity contribution in [2.24, 2.45) is 5.92 Å². The van der Waals surface area contributed by atoms with Crippen LogP contribution in [0.4, 0.5) is 0 Å². The molecule has 0 heterocycles. The van der Waals surface area contributed by atoms with Gasteiger partial charge in [-0.1, -0.05) is 12.1 Å². The number of nitrogens with zero attached hydrogens (tertiary/aromatic N) is 3. The highest BCUT2D eigenvalue weighted by Gasteiger charge is 2.27. The normalized spacial score (nSPS) is 11.3. The van der Waals surface area contributed by atoms with E-state index in [1.807, 2.05) is 0 Å². The van der Waals surface area contributed by atoms with E-state index < -0.39 is 23.3 Å². The van der Waals surface area contributed by atoms with Crippen LogP contribution in [0.3, 0.4) is 0 Å². The van der Waals surface area contributed by atoms with Gasteiger partial charge in [-0.05, 0) is 17.7 Å². The number of hydrogen-bond acceptors (Lipinski definition) is 5. The lowest BCUT2D eigenvalue weighted by atomic mass is 9.88. The van der Waals surface area contributed by atoms with E-state index in [1.165, 1.54) is 7.11 Å². The summed E-state index contributed by atoms with van der Waals surface area (Å²) in [6.45, 7) is -0.446. The second-order valence-electron chi connectivity index (χ2n) is 3.63. The van der Waals surface area contributed by atoms with Gasteiger partial charge in [0.15, 0.2) is 0 Å². The maximum absolute atomic E-state index is 10.6. The fourth-order valence-corrected chi connectivity index (χ4v) is 1.62. The van der Waals surface area contributed by atoms with Gasteiger partial charge in [0.2, 0.25) is 6.54 Å². The van der Waals surface area contributed by atoms with Gasteiger partial charge >= 0.3 is 0 Å². The Morgan fingerprint density at radius 1 is 1.33 bits per heavy atom. The Bertz CT molecular complexity index is 485. The highest BCUT2D eigenvalue weighted by atomic mass is 16.6. The molecule has 0 aliphatic carbocycles. The van der Waals surface area contributed by atoms with Crippen molar-refractivity contribution < 1.29 is 9.66 Å². The molecule has 0 N–H and O–H groups in total. The van der Waals surface area contributed by atoms with Gasteiger partial charge in [-0.3, -0.25) is 10.1 Å². The van der Waals surface area contributed by atoms with Crippen molar-refractivity contribution in [1.29, 1.82) is 10.5 Å². The van der Waals surface area contributed by atoms with Crippen molar-refractivity contribution >= 4 is 0 Å². The van der Waals surface area contributed by atoms with Gasteiger partial charge in [-0.2, -0.15) is 10.5 Å². The maximum atomic E-state index is 10.6. The molecule has 0 saturated heterocycles. The second-order valence-corrected chi connectivity index (χ2v) is 3.63. The quantitative estimate of drug-likeness (QED) is 0.580. The van der Waals surface area contributed by atoms with E-state index in [0.29, 0.717) is 11.3 Å². The van der Waals surface area contributed by atoms with Crippen molar-refractivity contribution in [1.82, 2.24) is 0 Å². The Hall–Kier alpha value is -2.60. The summed E-state index contributed by atoms with van der Waals surface area (Å²) < 4.78 is 4.98. The molecule has 1 rings (SSSR count). The first kappa shape index (κ1) is 13.5. The van der Waals surface area contributed by atoms with Gasteiger partial charge in [0.05, 0.1) is 25.2 Å². The van der Waals surface area contributed by atoms with Gasteiger partial charge in [0.1, 0.15) is 11.7 Å². The Kier molecular flexibility index (Phi) is 4.65. The number of nitro groups is 1. The second kappa shape index (κ2) is 6.21. The van der Waals surface area contributed by atoms with Crippen LogP contribution in [0, 0.1) is 38.7 Å². The largest absolute Gasteiger partial charge is 0.497 e. The summed E-state index contributed by atoms with van der Waals surface area (Å²) in [5.74, 6) is -1.16. The third kappa shape index (κ3) is 3.19. The van der Waals surface area contributed by atoms with E-state index in [1.54, 1.807) is 36.4 Å². The Labute approximate surface area is 104 Å². The molecule has 18 heavy (non-hydrogen) atoms. The van der Waals surface area contributed by atoms with Crippen molar-refractivity contribution in [3.63, 3.8) is 0 Å². The molecule has 0 aliphatic rings. The van der Waals surface area contributed by atoms with Crippen molar-refractivity contribution in [3.05, 3.63) is 39.9 Å². The van der Waals surface area contributed by atoms with E-state index in [2.05, 4.69) is 0 Å². The van der Waals surface area contributed by atoms with Crippen LogP contribution in [0.1, 0.15) is 11.5 Å². The van der Waals surface area contributed by atoms with Gasteiger partial charge in [-0.15, -0.1) is 0 Å². The highest BCUT2D eigenvalue weighted by molar-refractivity contribution is 5.31. The molecule has 0 unspecified atom stereocenters. The standard InChI is InChI=1S/C12H11N3O3/c1-18-11-4-2-9(3-5-11)12(8-15(16)17)10(6-13)7-14/h2-5,10,12H,8H2,1H3/t12-/m0/s1. The monoisotopic (exact) mass is 245 g/mol. The van der Waals surface area contributed by atoms with Crippen LogP contribution in [-0.2, 0) is 0 Å². The molecule has 1 aromatic carbocycles. The lowest BCUT2D eigenvalue weighted by Gasteiger charge is -2.13. The molecule has 0 bridgehead atoms.